The summed E-state index contributed by atoms with van der Waals surface area (Å²) in [5, 5.41) is 6.67. The Labute approximate surface area is 124 Å². The Kier molecular flexibility index (Phi) is 4.80. The number of amides is 2. The molecule has 6 heteroatoms. The molecule has 0 saturated carbocycles. The summed E-state index contributed by atoms with van der Waals surface area (Å²) in [6.45, 7) is 7.05. The molecule has 2 rings (SSSR count). The van der Waals surface area contributed by atoms with Crippen LogP contribution in [0.5, 0.6) is 0 Å². The average molecular weight is 290 g/mol. The minimum Gasteiger partial charge on any atom is -0.367 e. The van der Waals surface area contributed by atoms with Gasteiger partial charge in [0.1, 0.15) is 0 Å². The van der Waals surface area contributed by atoms with Crippen molar-refractivity contribution < 1.29 is 9.59 Å². The van der Waals surface area contributed by atoms with E-state index in [2.05, 4.69) is 16.9 Å². The summed E-state index contributed by atoms with van der Waals surface area (Å²) in [6.07, 6.45) is 8.30. The van der Waals surface area contributed by atoms with Gasteiger partial charge in [-0.2, -0.15) is 0 Å². The monoisotopic (exact) mass is 290 g/mol. The third-order valence-corrected chi connectivity index (χ3v) is 3.81. The Hall–Kier alpha value is -2.08. The van der Waals surface area contributed by atoms with Crippen molar-refractivity contribution in [1.29, 1.82) is 0 Å². The van der Waals surface area contributed by atoms with Gasteiger partial charge in [0.25, 0.3) is 0 Å². The molecule has 2 amide bonds. The standard InChI is InChI=1S/C15H22N4O2/c1-3-12(20)17-13-11(2)7-10-19(14(13)15(16)21)18-8-5-4-6-9-18/h3,7,10,14H,1,4-6,8-9H2,2H3,(H2,16,21)(H,17,20). The first kappa shape index (κ1) is 15.3. The summed E-state index contributed by atoms with van der Waals surface area (Å²) in [5.41, 5.74) is 6.93. The Morgan fingerprint density at radius 2 is 2.05 bits per heavy atom. The molecule has 0 spiro atoms. The van der Waals surface area contributed by atoms with Crippen LogP contribution in [-0.2, 0) is 9.59 Å². The van der Waals surface area contributed by atoms with Crippen molar-refractivity contribution in [3.05, 3.63) is 36.2 Å². The minimum absolute atomic E-state index is 0.343. The van der Waals surface area contributed by atoms with E-state index in [1.54, 1.807) is 0 Å². The first-order valence-electron chi connectivity index (χ1n) is 7.19. The highest BCUT2D eigenvalue weighted by Crippen LogP contribution is 2.24. The Morgan fingerprint density at radius 3 is 2.62 bits per heavy atom. The summed E-state index contributed by atoms with van der Waals surface area (Å²) < 4.78 is 0. The van der Waals surface area contributed by atoms with Crippen LogP contribution in [0, 0.1) is 0 Å². The lowest BCUT2D eigenvalue weighted by atomic mass is 10.0. The van der Waals surface area contributed by atoms with Crippen molar-refractivity contribution in [2.75, 3.05) is 13.1 Å². The van der Waals surface area contributed by atoms with E-state index in [0.717, 1.165) is 31.5 Å². The fraction of sp³-hybridized carbons (Fsp3) is 0.467. The normalized spacial score (nSPS) is 23.1. The Balaban J connectivity index is 2.28. The summed E-state index contributed by atoms with van der Waals surface area (Å²) in [7, 11) is 0. The van der Waals surface area contributed by atoms with E-state index in [0.29, 0.717) is 5.70 Å². The molecule has 0 aromatic heterocycles. The molecule has 2 heterocycles. The van der Waals surface area contributed by atoms with Gasteiger partial charge in [-0.3, -0.25) is 14.6 Å². The predicted molar refractivity (Wildman–Crippen MR) is 80.4 cm³/mol. The van der Waals surface area contributed by atoms with Gasteiger partial charge in [0.05, 0.1) is 5.70 Å². The van der Waals surface area contributed by atoms with Crippen LogP contribution in [-0.4, -0.2) is 41.0 Å². The van der Waals surface area contributed by atoms with Gasteiger partial charge in [-0.25, -0.2) is 5.01 Å². The fourth-order valence-electron chi connectivity index (χ4n) is 2.70. The third-order valence-electron chi connectivity index (χ3n) is 3.81. The topological polar surface area (TPSA) is 78.7 Å². The molecule has 3 N–H and O–H groups in total. The van der Waals surface area contributed by atoms with E-state index in [1.165, 1.54) is 12.5 Å². The minimum atomic E-state index is -0.683. The maximum absolute atomic E-state index is 11.9. The first-order valence-corrected chi connectivity index (χ1v) is 7.19. The molecule has 21 heavy (non-hydrogen) atoms. The van der Waals surface area contributed by atoms with Crippen molar-refractivity contribution in [3.63, 3.8) is 0 Å². The molecule has 1 saturated heterocycles. The second kappa shape index (κ2) is 6.58. The second-order valence-corrected chi connectivity index (χ2v) is 5.31. The molecule has 114 valence electrons. The van der Waals surface area contributed by atoms with E-state index in [4.69, 9.17) is 5.73 Å². The van der Waals surface area contributed by atoms with Crippen molar-refractivity contribution in [2.45, 2.75) is 32.2 Å². The lowest BCUT2D eigenvalue weighted by Crippen LogP contribution is -2.56. The van der Waals surface area contributed by atoms with Crippen LogP contribution in [0.25, 0.3) is 0 Å². The van der Waals surface area contributed by atoms with Crippen LogP contribution in [0.3, 0.4) is 0 Å². The second-order valence-electron chi connectivity index (χ2n) is 5.31. The number of piperidine rings is 1. The Morgan fingerprint density at radius 1 is 1.38 bits per heavy atom. The summed E-state index contributed by atoms with van der Waals surface area (Å²) >= 11 is 0. The van der Waals surface area contributed by atoms with E-state index in [1.807, 2.05) is 24.2 Å². The van der Waals surface area contributed by atoms with Gasteiger partial charge in [0.15, 0.2) is 6.04 Å². The fourth-order valence-corrected chi connectivity index (χ4v) is 2.70. The van der Waals surface area contributed by atoms with Gasteiger partial charge in [-0.15, -0.1) is 0 Å². The van der Waals surface area contributed by atoms with Gasteiger partial charge in [-0.1, -0.05) is 13.0 Å². The quantitative estimate of drug-likeness (QED) is 0.745. The van der Waals surface area contributed by atoms with Crippen LogP contribution in [0.15, 0.2) is 36.2 Å². The number of hydrazine groups is 1. The number of allylic oxidation sites excluding steroid dienone is 2. The van der Waals surface area contributed by atoms with E-state index in [-0.39, 0.29) is 5.91 Å². The number of primary amides is 1. The molecule has 0 aliphatic carbocycles. The molecule has 2 aliphatic heterocycles. The highest BCUT2D eigenvalue weighted by atomic mass is 16.2. The van der Waals surface area contributed by atoms with Crippen LogP contribution < -0.4 is 11.1 Å². The zero-order valence-electron chi connectivity index (χ0n) is 12.3. The highest BCUT2D eigenvalue weighted by Gasteiger charge is 2.34. The smallest absolute Gasteiger partial charge is 0.247 e. The lowest BCUT2D eigenvalue weighted by molar-refractivity contribution is -0.128. The molecule has 0 aromatic rings. The number of carbonyl (C=O) groups excluding carboxylic acids is 2. The summed E-state index contributed by atoms with van der Waals surface area (Å²) in [6, 6.07) is -0.683. The van der Waals surface area contributed by atoms with Gasteiger partial charge in [0.2, 0.25) is 11.8 Å². The van der Waals surface area contributed by atoms with Crippen LogP contribution in [0.4, 0.5) is 0 Å². The SMILES string of the molecule is C=CC(=O)NC1=C(C)C=CN(N2CCCCC2)C1C(N)=O. The number of nitrogens with one attached hydrogen (secondary N) is 1. The predicted octanol–water partition coefficient (Wildman–Crippen LogP) is 0.647. The molecule has 0 aromatic carbocycles. The average Bonchev–Trinajstić information content (AvgIpc) is 2.49. The molecule has 0 radical (unpaired) electrons. The van der Waals surface area contributed by atoms with E-state index in [9.17, 15) is 9.59 Å². The number of hydrogen-bond acceptors (Lipinski definition) is 4. The van der Waals surface area contributed by atoms with Crippen LogP contribution >= 0.6 is 0 Å². The molecular formula is C15H22N4O2. The number of nitrogens with zero attached hydrogens (tertiary/aromatic N) is 2. The first-order chi connectivity index (χ1) is 10.0. The number of nitrogens with two attached hydrogens (primary N) is 1. The maximum Gasteiger partial charge on any atom is 0.247 e. The number of hydrogen-bond donors (Lipinski definition) is 2. The van der Waals surface area contributed by atoms with Crippen LogP contribution in [0.2, 0.25) is 0 Å². The van der Waals surface area contributed by atoms with Gasteiger partial charge < -0.3 is 11.1 Å². The zero-order valence-corrected chi connectivity index (χ0v) is 12.3. The van der Waals surface area contributed by atoms with E-state index >= 15 is 0 Å². The van der Waals surface area contributed by atoms with Crippen molar-refractivity contribution in [2.24, 2.45) is 5.73 Å². The van der Waals surface area contributed by atoms with Gasteiger partial charge >= 0.3 is 0 Å². The van der Waals surface area contributed by atoms with Gasteiger partial charge in [-0.05, 0) is 37.5 Å². The number of rotatable bonds is 4. The zero-order chi connectivity index (χ0) is 15.4. The molecule has 1 atom stereocenters. The van der Waals surface area contributed by atoms with Crippen molar-refractivity contribution in [1.82, 2.24) is 15.3 Å². The maximum atomic E-state index is 11.9. The molecule has 0 bridgehead atoms. The number of carbonyl (C=O) groups is 2. The highest BCUT2D eigenvalue weighted by molar-refractivity contribution is 5.91. The van der Waals surface area contributed by atoms with Crippen molar-refractivity contribution in [3.8, 4) is 0 Å². The Bertz CT molecular complexity index is 504. The van der Waals surface area contributed by atoms with Crippen molar-refractivity contribution >= 4 is 11.8 Å². The van der Waals surface area contributed by atoms with Crippen LogP contribution in [0.1, 0.15) is 26.2 Å². The molecule has 1 fully saturated rings. The van der Waals surface area contributed by atoms with E-state index < -0.39 is 11.9 Å². The molecular weight excluding hydrogens is 268 g/mol. The summed E-state index contributed by atoms with van der Waals surface area (Å²) in [5.74, 6) is -0.826. The largest absolute Gasteiger partial charge is 0.367 e. The lowest BCUT2D eigenvalue weighted by Gasteiger charge is -2.43. The molecule has 1 unspecified atom stereocenters. The van der Waals surface area contributed by atoms with Gasteiger partial charge in [0, 0.05) is 19.3 Å². The summed E-state index contributed by atoms with van der Waals surface area (Å²) in [4.78, 5) is 23.5. The molecule has 2 aliphatic rings. The third kappa shape index (κ3) is 3.33. The molecule has 6 nitrogen and oxygen atoms in total.